The first-order chi connectivity index (χ1) is 14.6. The van der Waals surface area contributed by atoms with Crippen LogP contribution in [-0.4, -0.2) is 60.6 Å². The molecule has 1 amide bonds. The van der Waals surface area contributed by atoms with Gasteiger partial charge in [-0.15, -0.1) is 11.3 Å². The number of quaternary nitrogens is 1. The lowest BCUT2D eigenvalue weighted by atomic mass is 9.95. The summed E-state index contributed by atoms with van der Waals surface area (Å²) in [5.74, 6) is 0.570. The van der Waals surface area contributed by atoms with Crippen LogP contribution in [-0.2, 0) is 14.3 Å². The molecule has 1 aromatic carbocycles. The Hall–Kier alpha value is -1.99. The monoisotopic (exact) mass is 430 g/mol. The number of carbonyl (C=O) groups excluding carboxylic acids is 2. The molecule has 2 aliphatic rings. The predicted octanol–water partition coefficient (Wildman–Crippen LogP) is 2.25. The van der Waals surface area contributed by atoms with E-state index in [-0.39, 0.29) is 23.8 Å². The summed E-state index contributed by atoms with van der Waals surface area (Å²) in [6.45, 7) is 7.65. The van der Waals surface area contributed by atoms with Gasteiger partial charge in [-0.05, 0) is 38.8 Å². The van der Waals surface area contributed by atoms with Crippen LogP contribution in [0, 0.1) is 5.92 Å². The van der Waals surface area contributed by atoms with Crippen molar-refractivity contribution in [2.24, 2.45) is 5.92 Å². The lowest BCUT2D eigenvalue weighted by Gasteiger charge is -2.36. The average molecular weight is 431 g/mol. The molecular weight excluding hydrogens is 398 g/mol. The van der Waals surface area contributed by atoms with Gasteiger partial charge in [0.25, 0.3) is 5.91 Å². The Kier molecular flexibility index (Phi) is 6.68. The van der Waals surface area contributed by atoms with Crippen molar-refractivity contribution in [1.29, 1.82) is 0 Å². The second kappa shape index (κ2) is 9.43. The van der Waals surface area contributed by atoms with Crippen molar-refractivity contribution in [2.45, 2.75) is 51.5 Å². The Morgan fingerprint density at radius 1 is 1.20 bits per heavy atom. The van der Waals surface area contributed by atoms with Crippen LogP contribution in [0.5, 0.6) is 0 Å². The van der Waals surface area contributed by atoms with E-state index < -0.39 is 0 Å². The normalized spacial score (nSPS) is 24.0. The van der Waals surface area contributed by atoms with Crippen molar-refractivity contribution >= 4 is 33.4 Å². The number of amides is 1. The Bertz CT molecular complexity index is 850. The van der Waals surface area contributed by atoms with Gasteiger partial charge >= 0.3 is 5.97 Å². The summed E-state index contributed by atoms with van der Waals surface area (Å²) >= 11 is 1.82. The average Bonchev–Trinajstić information content (AvgIpc) is 3.23. The highest BCUT2D eigenvalue weighted by Crippen LogP contribution is 2.31. The third-order valence-electron chi connectivity index (χ3n) is 6.70. The number of nitrogens with one attached hydrogen (secondary N) is 1. The SMILES string of the molecule is CCOC(=O)C1CCN(C(=O)[C@H](C)[NH+]2CCC(c3nc4ccccc4s3)CC2)CC1. The number of rotatable bonds is 5. The second-order valence-electron chi connectivity index (χ2n) is 8.53. The molecule has 6 nitrogen and oxygen atoms in total. The molecule has 162 valence electrons. The van der Waals surface area contributed by atoms with E-state index >= 15 is 0 Å². The van der Waals surface area contributed by atoms with Crippen LogP contribution in [0.1, 0.15) is 50.5 Å². The fourth-order valence-electron chi connectivity index (χ4n) is 4.78. The van der Waals surface area contributed by atoms with Gasteiger partial charge in [0.1, 0.15) is 0 Å². The second-order valence-corrected chi connectivity index (χ2v) is 9.59. The minimum atomic E-state index is -0.111. The van der Waals surface area contributed by atoms with E-state index in [1.165, 1.54) is 14.6 Å². The molecule has 0 saturated carbocycles. The fourth-order valence-corrected chi connectivity index (χ4v) is 5.91. The molecule has 7 heteroatoms. The first kappa shape index (κ1) is 21.2. The van der Waals surface area contributed by atoms with E-state index in [0.29, 0.717) is 38.5 Å². The van der Waals surface area contributed by atoms with Gasteiger partial charge in [-0.25, -0.2) is 4.98 Å². The molecule has 0 bridgehead atoms. The van der Waals surface area contributed by atoms with Crippen molar-refractivity contribution in [3.8, 4) is 0 Å². The molecule has 2 aromatic rings. The zero-order chi connectivity index (χ0) is 21.1. The number of aromatic nitrogens is 1. The topological polar surface area (TPSA) is 63.9 Å². The minimum Gasteiger partial charge on any atom is -0.466 e. The molecule has 1 atom stereocenters. The standard InChI is InChI=1S/C23H31N3O3S/c1-3-29-23(28)18-10-14-26(15-11-18)22(27)16(2)25-12-8-17(9-13-25)21-24-19-6-4-5-7-20(19)30-21/h4-7,16-18H,3,8-15H2,1-2H3/p+1/t16-/m0/s1. The molecule has 2 fully saturated rings. The molecule has 0 radical (unpaired) electrons. The van der Waals surface area contributed by atoms with E-state index in [0.717, 1.165) is 31.4 Å². The third-order valence-corrected chi connectivity index (χ3v) is 7.90. The summed E-state index contributed by atoms with van der Waals surface area (Å²) in [5, 5.41) is 1.25. The molecule has 30 heavy (non-hydrogen) atoms. The first-order valence-corrected chi connectivity index (χ1v) is 12.0. The van der Waals surface area contributed by atoms with Crippen molar-refractivity contribution in [1.82, 2.24) is 9.88 Å². The summed E-state index contributed by atoms with van der Waals surface area (Å²) in [4.78, 5) is 33.2. The number of likely N-dealkylation sites (tertiary alicyclic amines) is 2. The lowest BCUT2D eigenvalue weighted by molar-refractivity contribution is -0.919. The number of para-hydroxylation sites is 1. The molecule has 0 spiro atoms. The Morgan fingerprint density at radius 3 is 2.57 bits per heavy atom. The number of piperidine rings is 2. The van der Waals surface area contributed by atoms with Crippen molar-refractivity contribution in [3.63, 3.8) is 0 Å². The Labute approximate surface area is 182 Å². The highest BCUT2D eigenvalue weighted by atomic mass is 32.1. The number of esters is 1. The zero-order valence-corrected chi connectivity index (χ0v) is 18.7. The highest BCUT2D eigenvalue weighted by Gasteiger charge is 2.36. The van der Waals surface area contributed by atoms with Gasteiger partial charge < -0.3 is 14.5 Å². The van der Waals surface area contributed by atoms with Crippen LogP contribution in [0.15, 0.2) is 24.3 Å². The maximum atomic E-state index is 13.0. The maximum absolute atomic E-state index is 13.0. The largest absolute Gasteiger partial charge is 0.466 e. The van der Waals surface area contributed by atoms with E-state index in [2.05, 4.69) is 25.1 Å². The summed E-state index contributed by atoms with van der Waals surface area (Å²) in [5.41, 5.74) is 1.10. The maximum Gasteiger partial charge on any atom is 0.309 e. The van der Waals surface area contributed by atoms with Gasteiger partial charge in [0.2, 0.25) is 0 Å². The minimum absolute atomic E-state index is 0.0274. The van der Waals surface area contributed by atoms with Crippen molar-refractivity contribution in [2.75, 3.05) is 32.8 Å². The highest BCUT2D eigenvalue weighted by molar-refractivity contribution is 7.18. The number of hydrogen-bond acceptors (Lipinski definition) is 5. The van der Waals surface area contributed by atoms with Crippen molar-refractivity contribution < 1.29 is 19.2 Å². The molecule has 1 aromatic heterocycles. The van der Waals surface area contributed by atoms with Gasteiger partial charge in [0.15, 0.2) is 6.04 Å². The van der Waals surface area contributed by atoms with Crippen LogP contribution in [0.3, 0.4) is 0 Å². The summed E-state index contributed by atoms with van der Waals surface area (Å²) in [7, 11) is 0. The number of ether oxygens (including phenoxy) is 1. The molecular formula is C23H32N3O3S+. The molecule has 2 saturated heterocycles. The number of hydrogen-bond donors (Lipinski definition) is 1. The van der Waals surface area contributed by atoms with Crippen LogP contribution in [0.4, 0.5) is 0 Å². The van der Waals surface area contributed by atoms with Gasteiger partial charge in [-0.3, -0.25) is 9.59 Å². The van der Waals surface area contributed by atoms with Crippen LogP contribution < -0.4 is 4.90 Å². The van der Waals surface area contributed by atoms with Gasteiger partial charge in [0, 0.05) is 31.8 Å². The number of benzene rings is 1. The molecule has 1 N–H and O–H groups in total. The molecule has 2 aliphatic heterocycles. The van der Waals surface area contributed by atoms with E-state index in [1.807, 2.05) is 29.2 Å². The van der Waals surface area contributed by atoms with E-state index in [9.17, 15) is 9.59 Å². The summed E-state index contributed by atoms with van der Waals surface area (Å²) < 4.78 is 6.40. The molecule has 0 aliphatic carbocycles. The van der Waals surface area contributed by atoms with E-state index in [1.54, 1.807) is 0 Å². The van der Waals surface area contributed by atoms with Crippen LogP contribution >= 0.6 is 11.3 Å². The molecule has 0 unspecified atom stereocenters. The van der Waals surface area contributed by atoms with Gasteiger partial charge in [0.05, 0.1) is 40.8 Å². The fraction of sp³-hybridized carbons (Fsp3) is 0.609. The number of thiazole rings is 1. The van der Waals surface area contributed by atoms with Crippen molar-refractivity contribution in [3.05, 3.63) is 29.3 Å². The van der Waals surface area contributed by atoms with Crippen LogP contribution in [0.25, 0.3) is 10.2 Å². The number of fused-ring (bicyclic) bond motifs is 1. The summed E-state index contributed by atoms with van der Waals surface area (Å²) in [6.07, 6.45) is 3.59. The number of carbonyl (C=O) groups is 2. The predicted molar refractivity (Wildman–Crippen MR) is 118 cm³/mol. The number of nitrogens with zero attached hydrogens (tertiary/aromatic N) is 2. The smallest absolute Gasteiger partial charge is 0.309 e. The Morgan fingerprint density at radius 2 is 1.90 bits per heavy atom. The molecule has 4 rings (SSSR count). The zero-order valence-electron chi connectivity index (χ0n) is 17.9. The first-order valence-electron chi connectivity index (χ1n) is 11.2. The summed E-state index contributed by atoms with van der Waals surface area (Å²) in [6, 6.07) is 8.31. The van der Waals surface area contributed by atoms with Crippen LogP contribution in [0.2, 0.25) is 0 Å². The van der Waals surface area contributed by atoms with Gasteiger partial charge in [-0.2, -0.15) is 0 Å². The quantitative estimate of drug-likeness (QED) is 0.739. The van der Waals surface area contributed by atoms with Gasteiger partial charge in [-0.1, -0.05) is 12.1 Å². The molecule has 3 heterocycles. The third kappa shape index (κ3) is 4.52. The van der Waals surface area contributed by atoms with E-state index in [4.69, 9.17) is 9.72 Å². The Balaban J connectivity index is 1.28. The lowest BCUT2D eigenvalue weighted by Crippen LogP contribution is -3.17.